The Balaban J connectivity index is 1.28. The molecule has 1 atom stereocenters. The van der Waals surface area contributed by atoms with Gasteiger partial charge in [0.05, 0.1) is 18.2 Å². The maximum Gasteiger partial charge on any atom is 0.227 e. The van der Waals surface area contributed by atoms with Crippen LogP contribution in [0.15, 0.2) is 53.4 Å². The summed E-state index contributed by atoms with van der Waals surface area (Å²) in [5.41, 5.74) is 2.79. The van der Waals surface area contributed by atoms with Crippen molar-refractivity contribution in [3.05, 3.63) is 58.4 Å². The van der Waals surface area contributed by atoms with Crippen LogP contribution in [-0.4, -0.2) is 34.7 Å². The van der Waals surface area contributed by atoms with Gasteiger partial charge < -0.3 is 10.2 Å². The molecule has 1 aliphatic heterocycles. The number of aromatic nitrogens is 2. The summed E-state index contributed by atoms with van der Waals surface area (Å²) in [6.45, 7) is 1.43. The van der Waals surface area contributed by atoms with E-state index in [2.05, 4.69) is 15.8 Å². The molecule has 0 radical (unpaired) electrons. The maximum absolute atomic E-state index is 12.5. The summed E-state index contributed by atoms with van der Waals surface area (Å²) >= 11 is 7.53. The lowest BCUT2D eigenvalue weighted by Crippen LogP contribution is -2.34. The number of nitrogens with one attached hydrogen (secondary N) is 1. The predicted octanol–water partition coefficient (Wildman–Crippen LogP) is 3.43. The fraction of sp³-hybridized carbons (Fsp3) is 0.250. The van der Waals surface area contributed by atoms with E-state index in [0.717, 1.165) is 16.9 Å². The van der Waals surface area contributed by atoms with E-state index < -0.39 is 0 Å². The van der Waals surface area contributed by atoms with Crippen molar-refractivity contribution in [1.82, 2.24) is 15.1 Å². The average Bonchev–Trinajstić information content (AvgIpc) is 3.43. The first-order valence-electron chi connectivity index (χ1n) is 9.00. The number of nitrogens with zero attached hydrogens (tertiary/aromatic N) is 3. The van der Waals surface area contributed by atoms with Gasteiger partial charge in [-0.05, 0) is 41.8 Å². The number of amides is 2. The monoisotopic (exact) mass is 414 g/mol. The Labute approximate surface area is 171 Å². The van der Waals surface area contributed by atoms with Gasteiger partial charge in [-0.15, -0.1) is 0 Å². The molecular formula is C20H19ClN4O2S. The molecule has 1 aliphatic rings. The van der Waals surface area contributed by atoms with Crippen molar-refractivity contribution in [1.29, 1.82) is 0 Å². The summed E-state index contributed by atoms with van der Waals surface area (Å²) in [5, 5.41) is 12.1. The third-order valence-corrected chi connectivity index (χ3v) is 5.67. The van der Waals surface area contributed by atoms with Crippen molar-refractivity contribution >= 4 is 40.4 Å². The number of hydrogen-bond donors (Lipinski definition) is 1. The summed E-state index contributed by atoms with van der Waals surface area (Å²) in [4.78, 5) is 26.4. The van der Waals surface area contributed by atoms with Crippen LogP contribution < -0.4 is 10.2 Å². The predicted molar refractivity (Wildman–Crippen MR) is 110 cm³/mol. The van der Waals surface area contributed by atoms with Crippen molar-refractivity contribution < 1.29 is 9.59 Å². The van der Waals surface area contributed by atoms with Gasteiger partial charge in [0.2, 0.25) is 11.8 Å². The van der Waals surface area contributed by atoms with Gasteiger partial charge in [-0.1, -0.05) is 11.6 Å². The summed E-state index contributed by atoms with van der Waals surface area (Å²) in [5.74, 6) is -0.493. The molecule has 1 fully saturated rings. The van der Waals surface area contributed by atoms with Gasteiger partial charge in [0.25, 0.3) is 0 Å². The minimum atomic E-state index is -0.345. The van der Waals surface area contributed by atoms with E-state index >= 15 is 0 Å². The topological polar surface area (TPSA) is 67.2 Å². The Bertz CT molecular complexity index is 969. The molecule has 0 spiro atoms. The lowest BCUT2D eigenvalue weighted by molar-refractivity contribution is -0.126. The van der Waals surface area contributed by atoms with Crippen molar-refractivity contribution in [3.63, 3.8) is 0 Å². The molecule has 3 heterocycles. The summed E-state index contributed by atoms with van der Waals surface area (Å²) < 4.78 is 1.81. The number of carbonyl (C=O) groups excluding carboxylic acids is 2. The first-order chi connectivity index (χ1) is 13.6. The molecule has 1 aromatic carbocycles. The van der Waals surface area contributed by atoms with Crippen LogP contribution in [-0.2, 0) is 16.1 Å². The van der Waals surface area contributed by atoms with Gasteiger partial charge in [-0.25, -0.2) is 0 Å². The third kappa shape index (κ3) is 4.10. The average molecular weight is 415 g/mol. The molecule has 0 aliphatic carbocycles. The Morgan fingerprint density at radius 2 is 2.07 bits per heavy atom. The highest BCUT2D eigenvalue weighted by Gasteiger charge is 2.34. The largest absolute Gasteiger partial charge is 0.354 e. The van der Waals surface area contributed by atoms with E-state index in [1.165, 1.54) is 0 Å². The molecule has 1 N–H and O–H groups in total. The zero-order valence-corrected chi connectivity index (χ0v) is 16.6. The second kappa shape index (κ2) is 8.16. The van der Waals surface area contributed by atoms with Crippen LogP contribution >= 0.6 is 22.9 Å². The highest BCUT2D eigenvalue weighted by atomic mass is 35.5. The zero-order chi connectivity index (χ0) is 19.5. The molecule has 3 aromatic rings. The first kappa shape index (κ1) is 18.7. The van der Waals surface area contributed by atoms with Crippen molar-refractivity contribution in [3.8, 4) is 11.3 Å². The van der Waals surface area contributed by atoms with Crippen LogP contribution in [0.25, 0.3) is 11.3 Å². The number of halogens is 1. The molecule has 1 unspecified atom stereocenters. The second-order valence-corrected chi connectivity index (χ2v) is 7.87. The van der Waals surface area contributed by atoms with Gasteiger partial charge in [-0.2, -0.15) is 16.4 Å². The van der Waals surface area contributed by atoms with Crippen LogP contribution in [0.5, 0.6) is 0 Å². The molecule has 0 saturated carbocycles. The molecule has 2 aromatic heterocycles. The summed E-state index contributed by atoms with van der Waals surface area (Å²) in [7, 11) is 0. The van der Waals surface area contributed by atoms with Crippen LogP contribution in [0.1, 0.15) is 6.42 Å². The van der Waals surface area contributed by atoms with Gasteiger partial charge in [0.1, 0.15) is 0 Å². The highest BCUT2D eigenvalue weighted by Crippen LogP contribution is 2.26. The first-order valence-corrected chi connectivity index (χ1v) is 10.3. The lowest BCUT2D eigenvalue weighted by Gasteiger charge is -2.16. The van der Waals surface area contributed by atoms with Gasteiger partial charge in [0, 0.05) is 47.4 Å². The molecule has 8 heteroatoms. The Morgan fingerprint density at radius 1 is 1.25 bits per heavy atom. The number of benzene rings is 1. The minimum Gasteiger partial charge on any atom is -0.354 e. The minimum absolute atomic E-state index is 0.0463. The van der Waals surface area contributed by atoms with Crippen LogP contribution in [0, 0.1) is 5.92 Å². The summed E-state index contributed by atoms with van der Waals surface area (Å²) in [6.07, 6.45) is 2.12. The van der Waals surface area contributed by atoms with Crippen molar-refractivity contribution in [2.75, 3.05) is 18.0 Å². The van der Waals surface area contributed by atoms with E-state index in [9.17, 15) is 9.59 Å². The van der Waals surface area contributed by atoms with Crippen molar-refractivity contribution in [2.45, 2.75) is 13.0 Å². The smallest absolute Gasteiger partial charge is 0.227 e. The number of rotatable bonds is 6. The van der Waals surface area contributed by atoms with Gasteiger partial charge >= 0.3 is 0 Å². The molecule has 28 heavy (non-hydrogen) atoms. The SMILES string of the molecule is O=C(NCCn1ccc(-c2ccsc2)n1)C1CC(=O)N(c2ccc(Cl)cc2)C1. The second-order valence-electron chi connectivity index (χ2n) is 6.65. The molecule has 4 rings (SSSR count). The molecule has 144 valence electrons. The van der Waals surface area contributed by atoms with Crippen LogP contribution in [0.4, 0.5) is 5.69 Å². The Morgan fingerprint density at radius 3 is 2.82 bits per heavy atom. The third-order valence-electron chi connectivity index (χ3n) is 4.73. The zero-order valence-electron chi connectivity index (χ0n) is 15.0. The summed E-state index contributed by atoms with van der Waals surface area (Å²) in [6, 6.07) is 11.1. The van der Waals surface area contributed by atoms with E-state index in [4.69, 9.17) is 11.6 Å². The fourth-order valence-corrected chi connectivity index (χ4v) is 4.02. The highest BCUT2D eigenvalue weighted by molar-refractivity contribution is 7.08. The van der Waals surface area contributed by atoms with Crippen molar-refractivity contribution in [2.24, 2.45) is 5.92 Å². The molecule has 0 bridgehead atoms. The lowest BCUT2D eigenvalue weighted by atomic mass is 10.1. The quantitative estimate of drug-likeness (QED) is 0.671. The number of carbonyl (C=O) groups is 2. The van der Waals surface area contributed by atoms with E-state index in [0.29, 0.717) is 24.7 Å². The number of thiophene rings is 1. The number of anilines is 1. The van der Waals surface area contributed by atoms with Gasteiger partial charge in [0.15, 0.2) is 0 Å². The van der Waals surface area contributed by atoms with E-state index in [1.807, 2.05) is 28.4 Å². The Kier molecular flexibility index (Phi) is 5.45. The molecular weight excluding hydrogens is 396 g/mol. The fourth-order valence-electron chi connectivity index (χ4n) is 3.24. The standard InChI is InChI=1S/C20H19ClN4O2S/c21-16-1-3-17(4-2-16)25-12-15(11-19(25)26)20(27)22-7-9-24-8-5-18(23-24)14-6-10-28-13-14/h1-6,8,10,13,15H,7,9,11-12H2,(H,22,27). The maximum atomic E-state index is 12.5. The Hall–Kier alpha value is -2.64. The normalized spacial score (nSPS) is 16.5. The molecule has 2 amide bonds. The van der Waals surface area contributed by atoms with E-state index in [1.54, 1.807) is 40.5 Å². The van der Waals surface area contributed by atoms with Gasteiger partial charge in [-0.3, -0.25) is 14.3 Å². The van der Waals surface area contributed by atoms with E-state index in [-0.39, 0.29) is 24.2 Å². The van der Waals surface area contributed by atoms with Crippen LogP contribution in [0.2, 0.25) is 5.02 Å². The molecule has 6 nitrogen and oxygen atoms in total. The number of hydrogen-bond acceptors (Lipinski definition) is 4. The molecule has 1 saturated heterocycles. The van der Waals surface area contributed by atoms with Crippen LogP contribution in [0.3, 0.4) is 0 Å².